The van der Waals surface area contributed by atoms with Crippen LogP contribution in [0.1, 0.15) is 11.3 Å². The van der Waals surface area contributed by atoms with Gasteiger partial charge in [0.1, 0.15) is 18.1 Å². The van der Waals surface area contributed by atoms with Crippen LogP contribution < -0.4 is 5.32 Å². The maximum atomic E-state index is 12.7. The first-order chi connectivity index (χ1) is 14.9. The van der Waals surface area contributed by atoms with Crippen LogP contribution in [0.3, 0.4) is 0 Å². The molecule has 0 atom stereocenters. The number of thioether (sulfide) groups is 1. The largest absolute Gasteiger partial charge is 0.457 e. The molecule has 4 rings (SSSR count). The smallest absolute Gasteiger partial charge is 0.294 e. The van der Waals surface area contributed by atoms with Gasteiger partial charge >= 0.3 is 0 Å². The lowest BCUT2D eigenvalue weighted by Crippen LogP contribution is -2.36. The van der Waals surface area contributed by atoms with Crippen LogP contribution in [0.2, 0.25) is 0 Å². The average molecular weight is 497 g/mol. The highest BCUT2D eigenvalue weighted by Crippen LogP contribution is 2.33. The standard InChI is InChI=1S/C23H17BrN2O4S/c1-14-4-2-3-5-18(14)25-21(27)13-26-22(28)20(31-23(26)29)12-17-10-11-19(30-17)15-6-8-16(24)9-7-15/h2-12H,13H2,1H3,(H,25,27)/b20-12+. The first-order valence-corrected chi connectivity index (χ1v) is 11.0. The number of nitrogens with zero attached hydrogens (tertiary/aromatic N) is 1. The predicted molar refractivity (Wildman–Crippen MR) is 124 cm³/mol. The summed E-state index contributed by atoms with van der Waals surface area (Å²) < 4.78 is 6.76. The highest BCUT2D eigenvalue weighted by atomic mass is 79.9. The summed E-state index contributed by atoms with van der Waals surface area (Å²) in [5.41, 5.74) is 2.43. The van der Waals surface area contributed by atoms with Gasteiger partial charge in [-0.05, 0) is 54.6 Å². The van der Waals surface area contributed by atoms with Crippen LogP contribution in [-0.4, -0.2) is 28.5 Å². The number of carbonyl (C=O) groups excluding carboxylic acids is 3. The van der Waals surface area contributed by atoms with Crippen LogP contribution in [0, 0.1) is 6.92 Å². The van der Waals surface area contributed by atoms with Gasteiger partial charge in [0.05, 0.1) is 4.91 Å². The molecule has 8 heteroatoms. The molecule has 1 saturated heterocycles. The molecule has 1 aliphatic heterocycles. The molecule has 3 amide bonds. The third-order valence-corrected chi connectivity index (χ3v) is 6.06. The Balaban J connectivity index is 1.45. The number of furan rings is 1. The van der Waals surface area contributed by atoms with Crippen molar-refractivity contribution in [2.75, 3.05) is 11.9 Å². The molecular weight excluding hydrogens is 480 g/mol. The second-order valence-electron chi connectivity index (χ2n) is 6.84. The molecule has 1 fully saturated rings. The molecule has 1 aliphatic rings. The van der Waals surface area contributed by atoms with Gasteiger partial charge in [-0.3, -0.25) is 19.3 Å². The Hall–Kier alpha value is -3.10. The number of anilines is 1. The van der Waals surface area contributed by atoms with E-state index in [9.17, 15) is 14.4 Å². The van der Waals surface area contributed by atoms with Crippen molar-refractivity contribution in [2.24, 2.45) is 0 Å². The number of para-hydroxylation sites is 1. The van der Waals surface area contributed by atoms with E-state index in [2.05, 4.69) is 21.2 Å². The normalized spacial score (nSPS) is 15.0. The van der Waals surface area contributed by atoms with Crippen molar-refractivity contribution in [1.82, 2.24) is 4.90 Å². The summed E-state index contributed by atoms with van der Waals surface area (Å²) >= 11 is 4.18. The van der Waals surface area contributed by atoms with E-state index in [0.717, 1.165) is 32.3 Å². The van der Waals surface area contributed by atoms with Crippen molar-refractivity contribution in [3.05, 3.63) is 81.4 Å². The molecule has 1 aromatic heterocycles. The zero-order chi connectivity index (χ0) is 22.0. The number of benzene rings is 2. The lowest BCUT2D eigenvalue weighted by atomic mass is 10.2. The summed E-state index contributed by atoms with van der Waals surface area (Å²) in [6.07, 6.45) is 1.52. The zero-order valence-corrected chi connectivity index (χ0v) is 18.8. The molecule has 0 spiro atoms. The van der Waals surface area contributed by atoms with Gasteiger partial charge in [0.15, 0.2) is 0 Å². The van der Waals surface area contributed by atoms with E-state index >= 15 is 0 Å². The Labute approximate surface area is 191 Å². The maximum absolute atomic E-state index is 12.7. The molecule has 2 aromatic carbocycles. The van der Waals surface area contributed by atoms with Crippen molar-refractivity contribution in [3.8, 4) is 11.3 Å². The van der Waals surface area contributed by atoms with Crippen molar-refractivity contribution in [1.29, 1.82) is 0 Å². The third-order valence-electron chi connectivity index (χ3n) is 4.62. The van der Waals surface area contributed by atoms with Crippen LogP contribution in [-0.2, 0) is 9.59 Å². The lowest BCUT2D eigenvalue weighted by Gasteiger charge is -2.13. The molecule has 1 N–H and O–H groups in total. The number of imide groups is 1. The first kappa shape index (κ1) is 21.1. The third kappa shape index (κ3) is 4.81. The van der Waals surface area contributed by atoms with Crippen molar-refractivity contribution in [3.63, 3.8) is 0 Å². The Kier molecular flexibility index (Phi) is 6.11. The molecule has 3 aromatic rings. The second-order valence-corrected chi connectivity index (χ2v) is 8.75. The topological polar surface area (TPSA) is 79.6 Å². The second kappa shape index (κ2) is 8.95. The molecular formula is C23H17BrN2O4S. The Morgan fingerprint density at radius 2 is 1.84 bits per heavy atom. The summed E-state index contributed by atoms with van der Waals surface area (Å²) in [5, 5.41) is 2.24. The summed E-state index contributed by atoms with van der Waals surface area (Å²) in [6, 6.07) is 18.5. The molecule has 0 radical (unpaired) electrons. The molecule has 0 bridgehead atoms. The van der Waals surface area contributed by atoms with Crippen molar-refractivity contribution in [2.45, 2.75) is 6.92 Å². The molecule has 0 unspecified atom stereocenters. The minimum absolute atomic E-state index is 0.213. The van der Waals surface area contributed by atoms with E-state index in [1.54, 1.807) is 24.3 Å². The van der Waals surface area contributed by atoms with Crippen LogP contribution in [0.15, 0.2) is 74.5 Å². The average Bonchev–Trinajstić information content (AvgIpc) is 3.31. The van der Waals surface area contributed by atoms with Gasteiger partial charge in [-0.1, -0.05) is 46.3 Å². The Morgan fingerprint density at radius 1 is 1.10 bits per heavy atom. The van der Waals surface area contributed by atoms with E-state index in [-0.39, 0.29) is 11.4 Å². The lowest BCUT2D eigenvalue weighted by molar-refractivity contribution is -0.127. The quantitative estimate of drug-likeness (QED) is 0.458. The number of halogens is 1. The van der Waals surface area contributed by atoms with Gasteiger partial charge < -0.3 is 9.73 Å². The number of carbonyl (C=O) groups is 3. The summed E-state index contributed by atoms with van der Waals surface area (Å²) in [6.45, 7) is 1.52. The Bertz CT molecular complexity index is 1200. The fourth-order valence-electron chi connectivity index (χ4n) is 3.01. The zero-order valence-electron chi connectivity index (χ0n) is 16.4. The number of aryl methyl sites for hydroxylation is 1. The van der Waals surface area contributed by atoms with E-state index < -0.39 is 17.1 Å². The van der Waals surface area contributed by atoms with Crippen LogP contribution in [0.5, 0.6) is 0 Å². The molecule has 6 nitrogen and oxygen atoms in total. The first-order valence-electron chi connectivity index (χ1n) is 9.37. The summed E-state index contributed by atoms with van der Waals surface area (Å²) in [7, 11) is 0. The van der Waals surface area contributed by atoms with Crippen molar-refractivity contribution >= 4 is 56.5 Å². The minimum Gasteiger partial charge on any atom is -0.457 e. The van der Waals surface area contributed by atoms with Gasteiger partial charge in [0.25, 0.3) is 11.1 Å². The van der Waals surface area contributed by atoms with Gasteiger partial charge in [-0.15, -0.1) is 0 Å². The maximum Gasteiger partial charge on any atom is 0.294 e. The van der Waals surface area contributed by atoms with E-state index in [4.69, 9.17) is 4.42 Å². The highest BCUT2D eigenvalue weighted by molar-refractivity contribution is 9.10. The molecule has 31 heavy (non-hydrogen) atoms. The monoisotopic (exact) mass is 496 g/mol. The van der Waals surface area contributed by atoms with Crippen LogP contribution in [0.25, 0.3) is 17.4 Å². The number of rotatable bonds is 5. The van der Waals surface area contributed by atoms with Gasteiger partial charge in [-0.2, -0.15) is 0 Å². The number of hydrogen-bond donors (Lipinski definition) is 1. The molecule has 2 heterocycles. The molecule has 0 aliphatic carbocycles. The number of nitrogens with one attached hydrogen (secondary N) is 1. The fourth-order valence-corrected chi connectivity index (χ4v) is 4.09. The van der Waals surface area contributed by atoms with Gasteiger partial charge in [0.2, 0.25) is 5.91 Å². The molecule has 156 valence electrons. The Morgan fingerprint density at radius 3 is 2.58 bits per heavy atom. The van der Waals surface area contributed by atoms with Gasteiger partial charge in [0, 0.05) is 21.8 Å². The predicted octanol–water partition coefficient (Wildman–Crippen LogP) is 5.69. The van der Waals surface area contributed by atoms with Crippen LogP contribution in [0.4, 0.5) is 10.5 Å². The highest BCUT2D eigenvalue weighted by Gasteiger charge is 2.36. The number of amides is 3. The van der Waals surface area contributed by atoms with Crippen LogP contribution >= 0.6 is 27.7 Å². The molecule has 0 saturated carbocycles. The van der Waals surface area contributed by atoms with E-state index in [0.29, 0.717) is 17.2 Å². The van der Waals surface area contributed by atoms with Crippen molar-refractivity contribution < 1.29 is 18.8 Å². The van der Waals surface area contributed by atoms with Gasteiger partial charge in [-0.25, -0.2) is 0 Å². The summed E-state index contributed by atoms with van der Waals surface area (Å²) in [4.78, 5) is 38.5. The van der Waals surface area contributed by atoms with E-state index in [1.165, 1.54) is 6.08 Å². The SMILES string of the molecule is Cc1ccccc1NC(=O)CN1C(=O)S/C(=C/c2ccc(-c3ccc(Br)cc3)o2)C1=O. The van der Waals surface area contributed by atoms with E-state index in [1.807, 2.05) is 43.3 Å². The summed E-state index contributed by atoms with van der Waals surface area (Å²) in [5.74, 6) is 0.147. The minimum atomic E-state index is -0.517. The fraction of sp³-hybridized carbons (Fsp3) is 0.0870. The number of hydrogen-bond acceptors (Lipinski definition) is 5.